The molecule has 0 saturated carbocycles. The molecule has 0 fully saturated rings. The van der Waals surface area contributed by atoms with E-state index in [9.17, 15) is 19.2 Å². The lowest BCUT2D eigenvalue weighted by Crippen LogP contribution is -2.44. The summed E-state index contributed by atoms with van der Waals surface area (Å²) in [6, 6.07) is 6.50. The quantitative estimate of drug-likeness (QED) is 0.233. The highest BCUT2D eigenvalue weighted by molar-refractivity contribution is 5.94. The summed E-state index contributed by atoms with van der Waals surface area (Å²) in [5.74, 6) is -0.726. The van der Waals surface area contributed by atoms with Crippen LogP contribution in [0.5, 0.6) is 0 Å². The molecule has 0 aliphatic carbocycles. The lowest BCUT2D eigenvalue weighted by molar-refractivity contribution is -0.122. The molecule has 0 saturated heterocycles. The standard InChI is InChI=1S/C24H31N9O5/c1-13(5-10-17(34)32-33-23(37)38-24(2,3)4)28-20(35)14-6-8-15(9-7-14)26-11-16-12-27-19-18(29-16)21(36)31-22(25)30-19/h6-9,12-13,26H,5,10-11H2,1-4H3,(H,28,35)(H,32,34)(H,33,37)(H3,25,27,30,31,36)/t13-/m1/s1. The van der Waals surface area contributed by atoms with Crippen LogP contribution in [0.3, 0.4) is 0 Å². The van der Waals surface area contributed by atoms with Crippen molar-refractivity contribution in [1.29, 1.82) is 0 Å². The summed E-state index contributed by atoms with van der Waals surface area (Å²) in [6.07, 6.45) is 1.20. The molecule has 3 aromatic rings. The van der Waals surface area contributed by atoms with Gasteiger partial charge in [-0.25, -0.2) is 20.2 Å². The maximum atomic E-state index is 12.5. The molecule has 0 spiro atoms. The lowest BCUT2D eigenvalue weighted by atomic mass is 10.1. The monoisotopic (exact) mass is 525 g/mol. The van der Waals surface area contributed by atoms with Gasteiger partial charge in [0.2, 0.25) is 11.9 Å². The fourth-order valence-corrected chi connectivity index (χ4v) is 3.20. The van der Waals surface area contributed by atoms with E-state index in [0.717, 1.165) is 5.69 Å². The van der Waals surface area contributed by atoms with Crippen LogP contribution >= 0.6 is 0 Å². The van der Waals surface area contributed by atoms with Crippen molar-refractivity contribution in [1.82, 2.24) is 36.1 Å². The molecule has 202 valence electrons. The largest absolute Gasteiger partial charge is 0.443 e. The third-order valence-electron chi connectivity index (χ3n) is 4.99. The van der Waals surface area contributed by atoms with E-state index in [1.165, 1.54) is 6.20 Å². The van der Waals surface area contributed by atoms with E-state index in [1.807, 2.05) is 0 Å². The second-order valence-electron chi connectivity index (χ2n) is 9.50. The third kappa shape index (κ3) is 8.43. The van der Waals surface area contributed by atoms with Crippen molar-refractivity contribution in [2.75, 3.05) is 11.1 Å². The molecular weight excluding hydrogens is 494 g/mol. The summed E-state index contributed by atoms with van der Waals surface area (Å²) in [5.41, 5.74) is 10.8. The first kappa shape index (κ1) is 27.8. The van der Waals surface area contributed by atoms with Crippen molar-refractivity contribution in [2.24, 2.45) is 0 Å². The number of carbonyl (C=O) groups excluding carboxylic acids is 3. The van der Waals surface area contributed by atoms with Crippen molar-refractivity contribution in [3.05, 3.63) is 52.1 Å². The molecule has 0 radical (unpaired) electrons. The summed E-state index contributed by atoms with van der Waals surface area (Å²) in [7, 11) is 0. The number of nitrogens with two attached hydrogens (primary N) is 1. The highest BCUT2D eigenvalue weighted by Crippen LogP contribution is 2.12. The number of aromatic nitrogens is 4. The molecule has 14 heteroatoms. The SMILES string of the molecule is C[C@H](CCC(=O)NNC(=O)OC(C)(C)C)NC(=O)c1ccc(NCc2cnc3nc(N)[nH]c(=O)c3n2)cc1. The summed E-state index contributed by atoms with van der Waals surface area (Å²) < 4.78 is 5.03. The number of aromatic amines is 1. The van der Waals surface area contributed by atoms with Crippen LogP contribution in [-0.4, -0.2) is 49.5 Å². The average molecular weight is 526 g/mol. The smallest absolute Gasteiger partial charge is 0.426 e. The highest BCUT2D eigenvalue weighted by atomic mass is 16.6. The minimum atomic E-state index is -0.756. The van der Waals surface area contributed by atoms with Crippen LogP contribution in [-0.2, 0) is 16.1 Å². The summed E-state index contributed by atoms with van der Waals surface area (Å²) in [5, 5.41) is 5.99. The Hall–Kier alpha value is -4.75. The summed E-state index contributed by atoms with van der Waals surface area (Å²) in [4.78, 5) is 62.8. The van der Waals surface area contributed by atoms with Crippen LogP contribution in [0.2, 0.25) is 0 Å². The van der Waals surface area contributed by atoms with Crippen molar-refractivity contribution in [3.63, 3.8) is 0 Å². The first-order valence-corrected chi connectivity index (χ1v) is 11.8. The molecule has 2 heterocycles. The van der Waals surface area contributed by atoms with Crippen molar-refractivity contribution in [3.8, 4) is 0 Å². The van der Waals surface area contributed by atoms with Gasteiger partial charge in [0, 0.05) is 23.7 Å². The van der Waals surface area contributed by atoms with Gasteiger partial charge in [0.25, 0.3) is 11.5 Å². The van der Waals surface area contributed by atoms with E-state index in [4.69, 9.17) is 10.5 Å². The van der Waals surface area contributed by atoms with Crippen molar-refractivity contribution >= 4 is 40.7 Å². The van der Waals surface area contributed by atoms with Crippen LogP contribution in [0.4, 0.5) is 16.4 Å². The van der Waals surface area contributed by atoms with E-state index in [0.29, 0.717) is 24.2 Å². The van der Waals surface area contributed by atoms with Gasteiger partial charge in [-0.05, 0) is 58.4 Å². The summed E-state index contributed by atoms with van der Waals surface area (Å²) in [6.45, 7) is 7.21. The zero-order chi connectivity index (χ0) is 27.9. The average Bonchev–Trinajstić information content (AvgIpc) is 2.84. The minimum Gasteiger partial charge on any atom is -0.443 e. The molecule has 7 N–H and O–H groups in total. The van der Waals surface area contributed by atoms with Gasteiger partial charge in [-0.1, -0.05) is 0 Å². The molecule has 3 amide bonds. The molecule has 14 nitrogen and oxygen atoms in total. The predicted molar refractivity (Wildman–Crippen MR) is 140 cm³/mol. The predicted octanol–water partition coefficient (Wildman–Crippen LogP) is 1.36. The number of benzene rings is 1. The topological polar surface area (TPSA) is 206 Å². The fourth-order valence-electron chi connectivity index (χ4n) is 3.20. The Balaban J connectivity index is 1.43. The Bertz CT molecular complexity index is 1370. The molecule has 0 bridgehead atoms. The lowest BCUT2D eigenvalue weighted by Gasteiger charge is -2.20. The van der Waals surface area contributed by atoms with Crippen LogP contribution in [0.1, 0.15) is 56.6 Å². The Morgan fingerprint density at radius 1 is 1.11 bits per heavy atom. The first-order valence-electron chi connectivity index (χ1n) is 11.8. The number of nitrogens with one attached hydrogen (secondary N) is 5. The molecule has 1 aromatic carbocycles. The number of carbonyl (C=O) groups is 3. The number of amides is 3. The number of anilines is 2. The van der Waals surface area contributed by atoms with Gasteiger partial charge in [0.05, 0.1) is 18.4 Å². The number of rotatable bonds is 8. The third-order valence-corrected chi connectivity index (χ3v) is 4.99. The van der Waals surface area contributed by atoms with Gasteiger partial charge in [-0.2, -0.15) is 4.98 Å². The second kappa shape index (κ2) is 12.0. The van der Waals surface area contributed by atoms with Gasteiger partial charge in [0.1, 0.15) is 5.60 Å². The van der Waals surface area contributed by atoms with Gasteiger partial charge in [-0.15, -0.1) is 0 Å². The molecule has 1 atom stereocenters. The van der Waals surface area contributed by atoms with Gasteiger partial charge in [0.15, 0.2) is 11.2 Å². The highest BCUT2D eigenvalue weighted by Gasteiger charge is 2.17. The number of nitrogen functional groups attached to an aromatic ring is 1. The van der Waals surface area contributed by atoms with Crippen LogP contribution in [0.25, 0.3) is 11.2 Å². The van der Waals surface area contributed by atoms with Crippen LogP contribution < -0.4 is 32.8 Å². The molecular formula is C24H31N9O5. The van der Waals surface area contributed by atoms with E-state index in [-0.39, 0.29) is 35.5 Å². The molecule has 3 rings (SSSR count). The first-order chi connectivity index (χ1) is 17.9. The molecule has 2 aromatic heterocycles. The summed E-state index contributed by atoms with van der Waals surface area (Å²) >= 11 is 0. The van der Waals surface area contributed by atoms with Crippen LogP contribution in [0, 0.1) is 0 Å². The van der Waals surface area contributed by atoms with Crippen molar-refractivity contribution in [2.45, 2.75) is 58.7 Å². The molecule has 0 aliphatic heterocycles. The Morgan fingerprint density at radius 2 is 1.82 bits per heavy atom. The number of H-pyrrole nitrogens is 1. The maximum Gasteiger partial charge on any atom is 0.426 e. The zero-order valence-electron chi connectivity index (χ0n) is 21.5. The molecule has 38 heavy (non-hydrogen) atoms. The van der Waals surface area contributed by atoms with Crippen LogP contribution in [0.15, 0.2) is 35.3 Å². The van der Waals surface area contributed by atoms with E-state index in [1.54, 1.807) is 52.0 Å². The number of hydrazine groups is 1. The Labute approximate surface area is 218 Å². The number of ether oxygens (including phenoxy) is 1. The van der Waals surface area contributed by atoms with Gasteiger partial charge in [-0.3, -0.25) is 24.8 Å². The Kier molecular flexibility index (Phi) is 8.78. The fraction of sp³-hybridized carbons (Fsp3) is 0.375. The number of fused-ring (bicyclic) bond motifs is 1. The van der Waals surface area contributed by atoms with Gasteiger partial charge < -0.3 is 21.1 Å². The normalized spacial score (nSPS) is 11.9. The van der Waals surface area contributed by atoms with Gasteiger partial charge >= 0.3 is 6.09 Å². The Morgan fingerprint density at radius 3 is 2.50 bits per heavy atom. The zero-order valence-corrected chi connectivity index (χ0v) is 21.5. The van der Waals surface area contributed by atoms with E-state index >= 15 is 0 Å². The molecule has 0 aliphatic rings. The van der Waals surface area contributed by atoms with E-state index in [2.05, 4.69) is 41.4 Å². The maximum absolute atomic E-state index is 12.5. The van der Waals surface area contributed by atoms with E-state index < -0.39 is 23.2 Å². The minimum absolute atomic E-state index is 0.0284. The van der Waals surface area contributed by atoms with Crippen molar-refractivity contribution < 1.29 is 19.1 Å². The number of hydrogen-bond acceptors (Lipinski definition) is 10. The number of hydrogen-bond donors (Lipinski definition) is 6. The molecule has 0 unspecified atom stereocenters. The number of nitrogens with zero attached hydrogens (tertiary/aromatic N) is 3. The second-order valence-corrected chi connectivity index (χ2v) is 9.50.